The van der Waals surface area contributed by atoms with Crippen LogP contribution in [0.3, 0.4) is 0 Å². The number of amides is 1. The van der Waals surface area contributed by atoms with E-state index in [1.54, 1.807) is 0 Å². The molecule has 146 valence electrons. The van der Waals surface area contributed by atoms with E-state index in [1.165, 1.54) is 11.5 Å². The van der Waals surface area contributed by atoms with Crippen LogP contribution in [-0.4, -0.2) is 33.1 Å². The number of benzene rings is 2. The van der Waals surface area contributed by atoms with Crippen molar-refractivity contribution in [3.05, 3.63) is 60.0 Å². The number of ether oxygens (including phenoxy) is 1. The van der Waals surface area contributed by atoms with Crippen LogP contribution in [0.2, 0.25) is 0 Å². The molecule has 2 aromatic carbocycles. The van der Waals surface area contributed by atoms with Gasteiger partial charge in [0.2, 0.25) is 0 Å². The molecule has 8 heteroatoms. The van der Waals surface area contributed by atoms with Gasteiger partial charge in [-0.3, -0.25) is 4.79 Å². The van der Waals surface area contributed by atoms with E-state index < -0.39 is 0 Å². The topological polar surface area (TPSA) is 90.1 Å². The van der Waals surface area contributed by atoms with E-state index in [2.05, 4.69) is 32.0 Å². The second-order valence-electron chi connectivity index (χ2n) is 6.89. The van der Waals surface area contributed by atoms with Crippen LogP contribution in [0.25, 0.3) is 21.5 Å². The van der Waals surface area contributed by atoms with Crippen molar-refractivity contribution in [3.63, 3.8) is 0 Å². The SMILES string of the molecule is O=C(Nc1cccc(-c2nc(Cc3nsc4ccccc34)no2)c1)C1CCCO1. The zero-order valence-electron chi connectivity index (χ0n) is 15.5. The summed E-state index contributed by atoms with van der Waals surface area (Å²) in [4.78, 5) is 16.8. The highest BCUT2D eigenvalue weighted by Gasteiger charge is 2.23. The van der Waals surface area contributed by atoms with Crippen LogP contribution in [-0.2, 0) is 16.0 Å². The average molecular weight is 406 g/mol. The number of fused-ring (bicyclic) bond motifs is 1. The van der Waals surface area contributed by atoms with E-state index in [4.69, 9.17) is 9.26 Å². The quantitative estimate of drug-likeness (QED) is 0.538. The molecule has 1 N–H and O–H groups in total. The molecule has 1 aliphatic heterocycles. The molecule has 1 fully saturated rings. The van der Waals surface area contributed by atoms with Gasteiger partial charge < -0.3 is 14.6 Å². The van der Waals surface area contributed by atoms with Crippen molar-refractivity contribution in [2.45, 2.75) is 25.4 Å². The summed E-state index contributed by atoms with van der Waals surface area (Å²) < 4.78 is 16.5. The average Bonchev–Trinajstić information content (AvgIpc) is 3.50. The van der Waals surface area contributed by atoms with E-state index in [1.807, 2.05) is 36.4 Å². The molecule has 1 unspecified atom stereocenters. The monoisotopic (exact) mass is 406 g/mol. The molecule has 0 radical (unpaired) electrons. The number of nitrogens with one attached hydrogen (secondary N) is 1. The zero-order chi connectivity index (χ0) is 19.6. The molecule has 0 aliphatic carbocycles. The first kappa shape index (κ1) is 18.0. The lowest BCUT2D eigenvalue weighted by atomic mass is 10.1. The predicted molar refractivity (Wildman–Crippen MR) is 110 cm³/mol. The van der Waals surface area contributed by atoms with Gasteiger partial charge >= 0.3 is 0 Å². The maximum Gasteiger partial charge on any atom is 0.258 e. The fraction of sp³-hybridized carbons (Fsp3) is 0.238. The summed E-state index contributed by atoms with van der Waals surface area (Å²) in [5.41, 5.74) is 2.36. The van der Waals surface area contributed by atoms with Crippen molar-refractivity contribution >= 4 is 33.2 Å². The van der Waals surface area contributed by atoms with Gasteiger partial charge in [-0.1, -0.05) is 29.4 Å². The molecule has 3 heterocycles. The number of carbonyl (C=O) groups is 1. The lowest BCUT2D eigenvalue weighted by Gasteiger charge is -2.10. The number of hydrogen-bond acceptors (Lipinski definition) is 7. The molecule has 0 spiro atoms. The minimum Gasteiger partial charge on any atom is -0.368 e. The fourth-order valence-corrected chi connectivity index (χ4v) is 4.19. The first-order chi connectivity index (χ1) is 14.3. The number of anilines is 1. The van der Waals surface area contributed by atoms with Gasteiger partial charge in [0.05, 0.1) is 16.8 Å². The summed E-state index contributed by atoms with van der Waals surface area (Å²) >= 11 is 1.47. The first-order valence-corrected chi connectivity index (χ1v) is 10.2. The van der Waals surface area contributed by atoms with Crippen LogP contribution in [0, 0.1) is 0 Å². The van der Waals surface area contributed by atoms with Crippen molar-refractivity contribution in [2.75, 3.05) is 11.9 Å². The summed E-state index contributed by atoms with van der Waals surface area (Å²) in [5.74, 6) is 0.860. The lowest BCUT2D eigenvalue weighted by molar-refractivity contribution is -0.124. The third-order valence-electron chi connectivity index (χ3n) is 4.84. The second kappa shape index (κ2) is 7.73. The summed E-state index contributed by atoms with van der Waals surface area (Å²) in [5, 5.41) is 8.11. The molecule has 1 saturated heterocycles. The van der Waals surface area contributed by atoms with Crippen LogP contribution in [0.1, 0.15) is 24.4 Å². The molecule has 0 saturated carbocycles. The molecule has 1 aliphatic rings. The van der Waals surface area contributed by atoms with Crippen LogP contribution in [0.15, 0.2) is 53.1 Å². The number of hydrogen-bond donors (Lipinski definition) is 1. The van der Waals surface area contributed by atoms with Gasteiger partial charge in [0.25, 0.3) is 11.8 Å². The Morgan fingerprint density at radius 3 is 3.03 bits per heavy atom. The maximum atomic E-state index is 12.3. The molecule has 2 aromatic heterocycles. The van der Waals surface area contributed by atoms with E-state index >= 15 is 0 Å². The Hall–Kier alpha value is -3.10. The van der Waals surface area contributed by atoms with Crippen LogP contribution < -0.4 is 5.32 Å². The Bertz CT molecular complexity index is 1160. The zero-order valence-corrected chi connectivity index (χ0v) is 16.3. The maximum absolute atomic E-state index is 12.3. The Balaban J connectivity index is 1.33. The van der Waals surface area contributed by atoms with E-state index in [-0.39, 0.29) is 12.0 Å². The van der Waals surface area contributed by atoms with Gasteiger partial charge in [-0.15, -0.1) is 0 Å². The third kappa shape index (κ3) is 3.76. The Labute approximate surface area is 170 Å². The van der Waals surface area contributed by atoms with Crippen molar-refractivity contribution in [3.8, 4) is 11.5 Å². The van der Waals surface area contributed by atoms with Gasteiger partial charge in [-0.25, -0.2) is 0 Å². The van der Waals surface area contributed by atoms with Crippen molar-refractivity contribution in [1.82, 2.24) is 14.5 Å². The lowest BCUT2D eigenvalue weighted by Crippen LogP contribution is -2.26. The molecule has 7 nitrogen and oxygen atoms in total. The highest BCUT2D eigenvalue weighted by atomic mass is 32.1. The molecule has 4 aromatic rings. The van der Waals surface area contributed by atoms with E-state index in [0.717, 1.165) is 34.2 Å². The molecular weight excluding hydrogens is 388 g/mol. The Kier molecular flexibility index (Phi) is 4.79. The summed E-state index contributed by atoms with van der Waals surface area (Å²) in [6.45, 7) is 0.636. The fourth-order valence-electron chi connectivity index (χ4n) is 3.40. The molecule has 1 atom stereocenters. The van der Waals surface area contributed by atoms with Crippen LogP contribution in [0.4, 0.5) is 5.69 Å². The largest absolute Gasteiger partial charge is 0.368 e. The van der Waals surface area contributed by atoms with E-state index in [9.17, 15) is 4.79 Å². The summed E-state index contributed by atoms with van der Waals surface area (Å²) in [7, 11) is 0. The standard InChI is InChI=1S/C21H18N4O3S/c26-20(17-8-4-10-27-17)22-14-6-3-5-13(11-14)21-23-19(24-28-21)12-16-15-7-1-2-9-18(15)29-25-16/h1-3,5-7,9,11,17H,4,8,10,12H2,(H,22,26). The minimum atomic E-state index is -0.374. The summed E-state index contributed by atoms with van der Waals surface area (Å²) in [6, 6.07) is 15.5. The van der Waals surface area contributed by atoms with E-state index in [0.29, 0.717) is 30.4 Å². The highest BCUT2D eigenvalue weighted by Crippen LogP contribution is 2.26. The van der Waals surface area contributed by atoms with Crippen LogP contribution in [0.5, 0.6) is 0 Å². The Morgan fingerprint density at radius 1 is 1.21 bits per heavy atom. The molecule has 5 rings (SSSR count). The number of carbonyl (C=O) groups excluding carboxylic acids is 1. The first-order valence-electron chi connectivity index (χ1n) is 9.45. The predicted octanol–water partition coefficient (Wildman–Crippen LogP) is 4.05. The van der Waals surface area contributed by atoms with Gasteiger partial charge in [-0.2, -0.15) is 9.36 Å². The third-order valence-corrected chi connectivity index (χ3v) is 5.71. The van der Waals surface area contributed by atoms with Gasteiger partial charge in [0.1, 0.15) is 6.10 Å². The van der Waals surface area contributed by atoms with Crippen molar-refractivity contribution < 1.29 is 14.1 Å². The number of aromatic nitrogens is 3. The highest BCUT2D eigenvalue weighted by molar-refractivity contribution is 7.13. The van der Waals surface area contributed by atoms with Gasteiger partial charge in [-0.05, 0) is 48.6 Å². The number of rotatable bonds is 5. The van der Waals surface area contributed by atoms with Gasteiger partial charge in [0, 0.05) is 23.2 Å². The molecule has 29 heavy (non-hydrogen) atoms. The second-order valence-corrected chi connectivity index (χ2v) is 7.69. The smallest absolute Gasteiger partial charge is 0.258 e. The van der Waals surface area contributed by atoms with Crippen LogP contribution >= 0.6 is 11.5 Å². The normalized spacial score (nSPS) is 16.3. The Morgan fingerprint density at radius 2 is 2.14 bits per heavy atom. The molecule has 1 amide bonds. The number of nitrogens with zero attached hydrogens (tertiary/aromatic N) is 3. The van der Waals surface area contributed by atoms with Crippen molar-refractivity contribution in [2.24, 2.45) is 0 Å². The molecular formula is C21H18N4O3S. The minimum absolute atomic E-state index is 0.124. The summed E-state index contributed by atoms with van der Waals surface area (Å²) in [6.07, 6.45) is 1.80. The van der Waals surface area contributed by atoms with Crippen molar-refractivity contribution in [1.29, 1.82) is 0 Å². The molecule has 0 bridgehead atoms. The van der Waals surface area contributed by atoms with Gasteiger partial charge in [0.15, 0.2) is 5.82 Å².